The smallest absolute Gasteiger partial charge is 0.329 e. The zero-order valence-electron chi connectivity index (χ0n) is 15.8. The minimum absolute atomic E-state index is 0.149. The maximum Gasteiger partial charge on any atom is 0.329 e. The highest BCUT2D eigenvalue weighted by Crippen LogP contribution is 2.34. The summed E-state index contributed by atoms with van der Waals surface area (Å²) in [5.74, 6) is -3.26. The van der Waals surface area contributed by atoms with E-state index in [-0.39, 0.29) is 6.42 Å². The molecule has 2 aromatic carbocycles. The fourth-order valence-corrected chi connectivity index (χ4v) is 3.23. The van der Waals surface area contributed by atoms with Gasteiger partial charge in [-0.1, -0.05) is 47.5 Å². The average molecular weight is 439 g/mol. The Labute approximate surface area is 177 Å². The fourth-order valence-electron chi connectivity index (χ4n) is 2.74. The van der Waals surface area contributed by atoms with Crippen molar-refractivity contribution in [2.45, 2.75) is 25.3 Å². The summed E-state index contributed by atoms with van der Waals surface area (Å²) in [7, 11) is 1.28. The molecule has 1 atom stereocenters. The van der Waals surface area contributed by atoms with Crippen LogP contribution in [-0.2, 0) is 20.8 Å². The Morgan fingerprint density at radius 2 is 1.62 bits per heavy atom. The van der Waals surface area contributed by atoms with E-state index >= 15 is 0 Å². The molecule has 0 saturated heterocycles. The predicted molar refractivity (Wildman–Crippen MR) is 111 cm³/mol. The number of halogens is 2. The molecule has 0 heterocycles. The molecule has 7 nitrogen and oxygen atoms in total. The molecule has 0 saturated carbocycles. The SMILES string of the molecule is CN(C(=O)Cc1ccccc1Nc1c(Cl)cccc1Cl)[C@@](C)(CC(=O)O)C(=O)O. The highest BCUT2D eigenvalue weighted by molar-refractivity contribution is 6.39. The monoisotopic (exact) mass is 438 g/mol. The van der Waals surface area contributed by atoms with Crippen LogP contribution in [0.1, 0.15) is 18.9 Å². The second-order valence-corrected chi connectivity index (χ2v) is 7.47. The molecule has 0 aromatic heterocycles. The van der Waals surface area contributed by atoms with Crippen molar-refractivity contribution in [3.05, 3.63) is 58.1 Å². The van der Waals surface area contributed by atoms with Crippen molar-refractivity contribution in [3.8, 4) is 0 Å². The predicted octanol–water partition coefficient (Wildman–Crippen LogP) is 4.06. The number of carbonyl (C=O) groups is 3. The number of anilines is 2. The number of hydrogen-bond donors (Lipinski definition) is 3. The zero-order valence-corrected chi connectivity index (χ0v) is 17.3. The van der Waals surface area contributed by atoms with Gasteiger partial charge in [-0.15, -0.1) is 0 Å². The van der Waals surface area contributed by atoms with Crippen LogP contribution >= 0.6 is 23.2 Å². The zero-order chi connectivity index (χ0) is 21.8. The van der Waals surface area contributed by atoms with Crippen LogP contribution in [0, 0.1) is 0 Å². The van der Waals surface area contributed by atoms with Gasteiger partial charge in [0.15, 0.2) is 0 Å². The first-order valence-corrected chi connectivity index (χ1v) is 9.32. The molecule has 3 N–H and O–H groups in total. The number of carboxylic acid groups (broad SMARTS) is 2. The number of carbonyl (C=O) groups excluding carboxylic acids is 1. The third kappa shape index (κ3) is 5.19. The largest absolute Gasteiger partial charge is 0.481 e. The van der Waals surface area contributed by atoms with Crippen LogP contribution in [0.4, 0.5) is 11.4 Å². The van der Waals surface area contributed by atoms with Crippen molar-refractivity contribution in [2.75, 3.05) is 12.4 Å². The second kappa shape index (κ2) is 9.15. The van der Waals surface area contributed by atoms with E-state index in [1.807, 2.05) is 0 Å². The lowest BCUT2D eigenvalue weighted by Gasteiger charge is -2.34. The van der Waals surface area contributed by atoms with Crippen LogP contribution < -0.4 is 5.32 Å². The molecule has 0 aliphatic heterocycles. The van der Waals surface area contributed by atoms with Crippen molar-refractivity contribution in [1.82, 2.24) is 4.90 Å². The maximum absolute atomic E-state index is 12.8. The summed E-state index contributed by atoms with van der Waals surface area (Å²) in [6.45, 7) is 1.20. The number of nitrogens with one attached hydrogen (secondary N) is 1. The molecule has 0 bridgehead atoms. The summed E-state index contributed by atoms with van der Waals surface area (Å²) in [5, 5.41) is 22.4. The third-order valence-electron chi connectivity index (χ3n) is 4.65. The molecule has 0 aliphatic rings. The van der Waals surface area contributed by atoms with Gasteiger partial charge in [-0.25, -0.2) is 4.79 Å². The molecule has 0 fully saturated rings. The van der Waals surface area contributed by atoms with Gasteiger partial charge in [0, 0.05) is 12.7 Å². The van der Waals surface area contributed by atoms with Gasteiger partial charge in [0.05, 0.1) is 28.6 Å². The summed E-state index contributed by atoms with van der Waals surface area (Å²) >= 11 is 12.4. The summed E-state index contributed by atoms with van der Waals surface area (Å²) in [4.78, 5) is 36.4. The summed E-state index contributed by atoms with van der Waals surface area (Å²) in [5.41, 5.74) is -0.259. The molecule has 0 unspecified atom stereocenters. The van der Waals surface area contributed by atoms with E-state index in [2.05, 4.69) is 5.32 Å². The maximum atomic E-state index is 12.8. The molecule has 0 aliphatic carbocycles. The Bertz CT molecular complexity index is 930. The van der Waals surface area contributed by atoms with E-state index in [0.717, 1.165) is 4.90 Å². The summed E-state index contributed by atoms with van der Waals surface area (Å²) in [6, 6.07) is 12.0. The number of para-hydroxylation sites is 2. The number of rotatable bonds is 8. The Balaban J connectivity index is 2.29. The molecule has 0 spiro atoms. The summed E-state index contributed by atoms with van der Waals surface area (Å²) in [6.07, 6.45) is -0.871. The Hall–Kier alpha value is -2.77. The highest BCUT2D eigenvalue weighted by Gasteiger charge is 2.42. The molecule has 29 heavy (non-hydrogen) atoms. The topological polar surface area (TPSA) is 107 Å². The Morgan fingerprint density at radius 3 is 2.17 bits per heavy atom. The first-order chi connectivity index (χ1) is 13.6. The number of likely N-dealkylation sites (N-methyl/N-ethyl adjacent to an activating group) is 1. The number of aliphatic carboxylic acids is 2. The van der Waals surface area contributed by atoms with Gasteiger partial charge in [0.1, 0.15) is 5.54 Å². The first-order valence-electron chi connectivity index (χ1n) is 8.57. The van der Waals surface area contributed by atoms with Gasteiger partial charge in [-0.05, 0) is 30.7 Å². The van der Waals surface area contributed by atoms with Crippen LogP contribution in [0.2, 0.25) is 10.0 Å². The average Bonchev–Trinajstić information content (AvgIpc) is 2.64. The van der Waals surface area contributed by atoms with E-state index in [9.17, 15) is 19.5 Å². The molecule has 9 heteroatoms. The molecule has 154 valence electrons. The van der Waals surface area contributed by atoms with E-state index in [1.165, 1.54) is 14.0 Å². The van der Waals surface area contributed by atoms with Crippen molar-refractivity contribution in [2.24, 2.45) is 0 Å². The van der Waals surface area contributed by atoms with Crippen molar-refractivity contribution >= 4 is 52.4 Å². The van der Waals surface area contributed by atoms with E-state index in [4.69, 9.17) is 28.3 Å². The Morgan fingerprint density at radius 1 is 1.03 bits per heavy atom. The molecular formula is C20H20Cl2N2O5. The van der Waals surface area contributed by atoms with Gasteiger partial charge in [0.25, 0.3) is 0 Å². The number of hydrogen-bond acceptors (Lipinski definition) is 4. The quantitative estimate of drug-likeness (QED) is 0.573. The number of carboxylic acids is 2. The lowest BCUT2D eigenvalue weighted by molar-refractivity contribution is -0.161. The number of amides is 1. The van der Waals surface area contributed by atoms with Crippen molar-refractivity contribution in [1.29, 1.82) is 0 Å². The van der Waals surface area contributed by atoms with Crippen LogP contribution in [-0.4, -0.2) is 45.5 Å². The van der Waals surface area contributed by atoms with Crippen molar-refractivity contribution < 1.29 is 24.6 Å². The molecule has 2 aromatic rings. The Kier molecular flexibility index (Phi) is 7.11. The highest BCUT2D eigenvalue weighted by atomic mass is 35.5. The van der Waals surface area contributed by atoms with Crippen LogP contribution in [0.25, 0.3) is 0 Å². The minimum atomic E-state index is -1.88. The van der Waals surface area contributed by atoms with Gasteiger partial charge >= 0.3 is 11.9 Å². The first kappa shape index (κ1) is 22.5. The fraction of sp³-hybridized carbons (Fsp3) is 0.250. The lowest BCUT2D eigenvalue weighted by atomic mass is 9.95. The molecule has 2 rings (SSSR count). The minimum Gasteiger partial charge on any atom is -0.481 e. The molecule has 1 amide bonds. The van der Waals surface area contributed by atoms with Gasteiger partial charge in [-0.3, -0.25) is 9.59 Å². The lowest BCUT2D eigenvalue weighted by Crippen LogP contribution is -2.54. The van der Waals surface area contributed by atoms with Crippen LogP contribution in [0.5, 0.6) is 0 Å². The van der Waals surface area contributed by atoms with Gasteiger partial charge in [0.2, 0.25) is 5.91 Å². The van der Waals surface area contributed by atoms with Gasteiger partial charge in [-0.2, -0.15) is 0 Å². The molecular weight excluding hydrogens is 419 g/mol. The number of nitrogens with zero attached hydrogens (tertiary/aromatic N) is 1. The van der Waals surface area contributed by atoms with E-state index in [0.29, 0.717) is 27.0 Å². The standard InChI is InChI=1S/C20H20Cl2N2O5/c1-20(19(28)29,11-17(26)27)24(2)16(25)10-12-6-3-4-9-15(12)23-18-13(21)7-5-8-14(18)22/h3-9,23H,10-11H2,1-2H3,(H,26,27)(H,28,29)/t20-/m0/s1. The molecule has 0 radical (unpaired) electrons. The van der Waals surface area contributed by atoms with Crippen molar-refractivity contribution in [3.63, 3.8) is 0 Å². The van der Waals surface area contributed by atoms with Crippen LogP contribution in [0.15, 0.2) is 42.5 Å². The number of benzene rings is 2. The second-order valence-electron chi connectivity index (χ2n) is 6.66. The van der Waals surface area contributed by atoms with Gasteiger partial charge < -0.3 is 20.4 Å². The summed E-state index contributed by atoms with van der Waals surface area (Å²) < 4.78 is 0. The van der Waals surface area contributed by atoms with E-state index < -0.39 is 29.8 Å². The van der Waals surface area contributed by atoms with Crippen LogP contribution in [0.3, 0.4) is 0 Å². The normalized spacial score (nSPS) is 12.7. The third-order valence-corrected chi connectivity index (χ3v) is 5.28. The van der Waals surface area contributed by atoms with E-state index in [1.54, 1.807) is 42.5 Å².